The minimum absolute atomic E-state index is 0.0413. The van der Waals surface area contributed by atoms with Crippen molar-refractivity contribution in [3.8, 4) is 5.69 Å². The first kappa shape index (κ1) is 32.4. The maximum atomic E-state index is 14.1. The Kier molecular flexibility index (Phi) is 7.65. The topological polar surface area (TPSA) is 149 Å². The molecule has 1 amide bonds. The molecule has 1 aliphatic heterocycles. The molecule has 1 fully saturated rings. The summed E-state index contributed by atoms with van der Waals surface area (Å²) in [5, 5.41) is 4.25. The molecule has 0 spiro atoms. The lowest BCUT2D eigenvalue weighted by molar-refractivity contribution is -0.172. The molecule has 3 aromatic heterocycles. The first-order valence-corrected chi connectivity index (χ1v) is 15.8. The number of aromatic amines is 1. The van der Waals surface area contributed by atoms with Crippen molar-refractivity contribution in [2.75, 3.05) is 18.8 Å². The van der Waals surface area contributed by atoms with Gasteiger partial charge in [0.25, 0.3) is 10.0 Å². The molecule has 16 heteroatoms. The minimum Gasteiger partial charge on any atom is -0.383 e. The van der Waals surface area contributed by atoms with Crippen LogP contribution < -0.4 is 5.73 Å². The lowest BCUT2D eigenvalue weighted by atomic mass is 10.1. The minimum atomic E-state index is -4.51. The van der Waals surface area contributed by atoms with Gasteiger partial charge in [0, 0.05) is 11.6 Å². The second-order valence-electron chi connectivity index (χ2n) is 11.3. The number of alkyl halides is 4. The molecular formula is C32H27F4N7O4S. The Hall–Kier alpha value is -5.51. The maximum absolute atomic E-state index is 14.1. The number of ketones is 1. The van der Waals surface area contributed by atoms with Crippen LogP contribution in [0.4, 0.5) is 23.4 Å². The van der Waals surface area contributed by atoms with Crippen molar-refractivity contribution in [3.63, 3.8) is 0 Å². The third kappa shape index (κ3) is 5.36. The standard InChI is InChI=1S/C32H27F4N7O4S/c1-4-26-20(7-12-28(44)41-16-31(33,34)32(35,36)17-41)13-27(43(26)48(46,47)22-9-5-18(2)6-10-22)29(45)23-15-38-42(30(23)37)21-8-11-24-25(14-21)40-19(3)39-24/h4-15H,1,16-17,37H2,2-3H3,(H,39,40)/b12-7+. The zero-order chi connectivity index (χ0) is 34.8. The highest BCUT2D eigenvalue weighted by Crippen LogP contribution is 2.41. The highest BCUT2D eigenvalue weighted by Gasteiger charge is 2.63. The average molecular weight is 682 g/mol. The molecule has 3 N–H and O–H groups in total. The van der Waals surface area contributed by atoms with Crippen LogP contribution in [0.1, 0.15) is 38.7 Å². The lowest BCUT2D eigenvalue weighted by Gasteiger charge is -2.14. The molecule has 0 atom stereocenters. The van der Waals surface area contributed by atoms with Crippen LogP contribution in [0.25, 0.3) is 28.9 Å². The van der Waals surface area contributed by atoms with Crippen LogP contribution in [0, 0.1) is 13.8 Å². The molecule has 0 saturated carbocycles. The summed E-state index contributed by atoms with van der Waals surface area (Å²) in [5.74, 6) is -10.3. The molecule has 6 rings (SSSR count). The van der Waals surface area contributed by atoms with E-state index in [-0.39, 0.29) is 32.4 Å². The fourth-order valence-corrected chi connectivity index (χ4v) is 6.94. The van der Waals surface area contributed by atoms with Crippen molar-refractivity contribution < 1.29 is 35.6 Å². The number of likely N-dealkylation sites (tertiary alicyclic amines) is 1. The molecule has 1 saturated heterocycles. The monoisotopic (exact) mass is 681 g/mol. The van der Waals surface area contributed by atoms with Gasteiger partial charge >= 0.3 is 11.8 Å². The summed E-state index contributed by atoms with van der Waals surface area (Å²) in [6.45, 7) is 4.22. The number of anilines is 1. The summed E-state index contributed by atoms with van der Waals surface area (Å²) in [4.78, 5) is 34.4. The smallest absolute Gasteiger partial charge is 0.329 e. The van der Waals surface area contributed by atoms with Gasteiger partial charge in [0.2, 0.25) is 11.7 Å². The number of nitrogen functional groups attached to an aromatic ring is 1. The van der Waals surface area contributed by atoms with E-state index in [2.05, 4.69) is 21.6 Å². The SMILES string of the molecule is C=Cc1c(/C=C/C(=O)N2CC(F)(F)C(F)(F)C2)cc(C(=O)c2cnn(-c3ccc4[nH]c(C)nc4c3)c2N)n1S(=O)(=O)c1ccc(C)cc1. The van der Waals surface area contributed by atoms with E-state index in [0.29, 0.717) is 17.0 Å². The first-order chi connectivity index (χ1) is 22.5. The zero-order valence-electron chi connectivity index (χ0n) is 25.4. The second kappa shape index (κ2) is 11.3. The van der Waals surface area contributed by atoms with Crippen molar-refractivity contribution >= 4 is 50.7 Å². The van der Waals surface area contributed by atoms with E-state index in [9.17, 15) is 35.6 Å². The first-order valence-electron chi connectivity index (χ1n) is 14.3. The second-order valence-corrected chi connectivity index (χ2v) is 13.1. The van der Waals surface area contributed by atoms with E-state index in [1.54, 1.807) is 44.2 Å². The van der Waals surface area contributed by atoms with Crippen LogP contribution in [-0.4, -0.2) is 73.7 Å². The Balaban J connectivity index is 1.44. The summed E-state index contributed by atoms with van der Waals surface area (Å²) in [6, 6.07) is 12.1. The lowest BCUT2D eigenvalue weighted by Crippen LogP contribution is -2.38. The number of nitrogens with two attached hydrogens (primary N) is 1. The molecule has 2 aromatic carbocycles. The number of carbonyl (C=O) groups excluding carboxylic acids is 2. The predicted molar refractivity (Wildman–Crippen MR) is 170 cm³/mol. The predicted octanol–water partition coefficient (Wildman–Crippen LogP) is 4.99. The van der Waals surface area contributed by atoms with E-state index in [4.69, 9.17) is 5.73 Å². The van der Waals surface area contributed by atoms with Crippen LogP contribution >= 0.6 is 0 Å². The number of H-pyrrole nitrogens is 1. The molecule has 1 aliphatic rings. The number of halogens is 4. The number of rotatable bonds is 8. The van der Waals surface area contributed by atoms with E-state index in [0.717, 1.165) is 39.3 Å². The molecule has 248 valence electrons. The Labute approximate surface area is 271 Å². The number of aromatic nitrogens is 5. The molecule has 0 unspecified atom stereocenters. The summed E-state index contributed by atoms with van der Waals surface area (Å²) in [7, 11) is -4.51. The zero-order valence-corrected chi connectivity index (χ0v) is 26.2. The Morgan fingerprint density at radius 2 is 1.69 bits per heavy atom. The van der Waals surface area contributed by atoms with Gasteiger partial charge < -0.3 is 15.6 Å². The Morgan fingerprint density at radius 1 is 1.02 bits per heavy atom. The molecule has 0 aliphatic carbocycles. The maximum Gasteiger partial charge on any atom is 0.329 e. The van der Waals surface area contributed by atoms with Crippen molar-refractivity contribution in [2.24, 2.45) is 0 Å². The average Bonchev–Trinajstić information content (AvgIpc) is 3.76. The van der Waals surface area contributed by atoms with Crippen molar-refractivity contribution in [2.45, 2.75) is 30.6 Å². The molecule has 0 radical (unpaired) electrons. The summed E-state index contributed by atoms with van der Waals surface area (Å²) < 4.78 is 85.1. The van der Waals surface area contributed by atoms with Gasteiger partial charge in [-0.15, -0.1) is 0 Å². The third-order valence-electron chi connectivity index (χ3n) is 7.92. The molecule has 0 bridgehead atoms. The van der Waals surface area contributed by atoms with Gasteiger partial charge in [0.05, 0.1) is 52.2 Å². The van der Waals surface area contributed by atoms with Gasteiger partial charge in [-0.25, -0.2) is 22.1 Å². The van der Waals surface area contributed by atoms with Crippen molar-refractivity contribution in [1.29, 1.82) is 0 Å². The highest BCUT2D eigenvalue weighted by atomic mass is 32.2. The number of benzene rings is 2. The molecule has 11 nitrogen and oxygen atoms in total. The third-order valence-corrected chi connectivity index (χ3v) is 9.66. The largest absolute Gasteiger partial charge is 0.383 e. The quantitative estimate of drug-likeness (QED) is 0.133. The van der Waals surface area contributed by atoms with E-state index < -0.39 is 52.3 Å². The van der Waals surface area contributed by atoms with Crippen molar-refractivity contribution in [1.82, 2.24) is 28.6 Å². The van der Waals surface area contributed by atoms with Gasteiger partial charge in [-0.3, -0.25) is 9.59 Å². The fourth-order valence-electron chi connectivity index (χ4n) is 5.41. The summed E-state index contributed by atoms with van der Waals surface area (Å²) in [5.41, 5.74) is 8.23. The number of carbonyl (C=O) groups is 2. The molecule has 4 heterocycles. The number of fused-ring (bicyclic) bond motifs is 1. The van der Waals surface area contributed by atoms with Crippen LogP contribution in [0.3, 0.4) is 0 Å². The van der Waals surface area contributed by atoms with Crippen LogP contribution in [0.5, 0.6) is 0 Å². The number of nitrogens with one attached hydrogen (secondary N) is 1. The highest BCUT2D eigenvalue weighted by molar-refractivity contribution is 7.90. The van der Waals surface area contributed by atoms with Crippen LogP contribution in [-0.2, 0) is 14.8 Å². The number of nitrogens with zero attached hydrogens (tertiary/aromatic N) is 5. The van der Waals surface area contributed by atoms with E-state index in [1.165, 1.54) is 23.0 Å². The van der Waals surface area contributed by atoms with Crippen LogP contribution in [0.15, 0.2) is 72.3 Å². The van der Waals surface area contributed by atoms with E-state index >= 15 is 0 Å². The Bertz CT molecular complexity index is 2250. The normalized spacial score (nSPS) is 15.8. The van der Waals surface area contributed by atoms with Gasteiger partial charge in [-0.05, 0) is 62.4 Å². The van der Waals surface area contributed by atoms with Gasteiger partial charge in [-0.2, -0.15) is 22.7 Å². The molecule has 48 heavy (non-hydrogen) atoms. The number of hydrogen-bond donors (Lipinski definition) is 2. The number of hydrogen-bond acceptors (Lipinski definition) is 7. The Morgan fingerprint density at radius 3 is 2.33 bits per heavy atom. The molecule has 5 aromatic rings. The van der Waals surface area contributed by atoms with Crippen molar-refractivity contribution in [3.05, 3.63) is 101 Å². The van der Waals surface area contributed by atoms with E-state index in [1.807, 2.05) is 0 Å². The summed E-state index contributed by atoms with van der Waals surface area (Å²) >= 11 is 0. The summed E-state index contributed by atoms with van der Waals surface area (Å²) in [6.07, 6.45) is 4.09. The number of imidazole rings is 1. The fraction of sp³-hybridized carbons (Fsp3) is 0.188. The van der Waals surface area contributed by atoms with Gasteiger partial charge in [0.1, 0.15) is 17.3 Å². The number of aryl methyl sites for hydroxylation is 2. The molecular weight excluding hydrogens is 654 g/mol. The number of amides is 1. The van der Waals surface area contributed by atoms with Crippen LogP contribution in [0.2, 0.25) is 0 Å². The van der Waals surface area contributed by atoms with Gasteiger partial charge in [-0.1, -0.05) is 24.3 Å². The van der Waals surface area contributed by atoms with Gasteiger partial charge in [0.15, 0.2) is 0 Å².